The van der Waals surface area contributed by atoms with Gasteiger partial charge in [-0.2, -0.15) is 0 Å². The fourth-order valence-corrected chi connectivity index (χ4v) is 6.90. The highest BCUT2D eigenvalue weighted by Crippen LogP contribution is 2.62. The second kappa shape index (κ2) is 6.01. The van der Waals surface area contributed by atoms with Crippen molar-refractivity contribution in [3.63, 3.8) is 0 Å². The summed E-state index contributed by atoms with van der Waals surface area (Å²) in [5, 5.41) is 0. The standard InChI is InChI=1S/C20H36/c1-4-9-18-15(2)14-16-10-8-13-19(16)20(18,3)17-11-6-5-7-12-17/h15-19H,4-14H2,1-3H3. The molecule has 0 saturated heterocycles. The molecule has 0 bridgehead atoms. The molecular weight excluding hydrogens is 240 g/mol. The quantitative estimate of drug-likeness (QED) is 0.556. The summed E-state index contributed by atoms with van der Waals surface area (Å²) < 4.78 is 0. The zero-order valence-electron chi connectivity index (χ0n) is 14.2. The van der Waals surface area contributed by atoms with Gasteiger partial charge in [-0.25, -0.2) is 0 Å². The minimum atomic E-state index is 0.690. The van der Waals surface area contributed by atoms with Crippen LogP contribution in [0.25, 0.3) is 0 Å². The largest absolute Gasteiger partial charge is 0.0654 e. The summed E-state index contributed by atoms with van der Waals surface area (Å²) in [5.74, 6) is 5.24. The molecule has 0 nitrogen and oxygen atoms in total. The van der Waals surface area contributed by atoms with Gasteiger partial charge in [0.1, 0.15) is 0 Å². The van der Waals surface area contributed by atoms with E-state index in [1.807, 2.05) is 0 Å². The zero-order valence-corrected chi connectivity index (χ0v) is 14.2. The van der Waals surface area contributed by atoms with E-state index < -0.39 is 0 Å². The van der Waals surface area contributed by atoms with E-state index in [0.717, 1.165) is 29.6 Å². The Hall–Kier alpha value is 0. The van der Waals surface area contributed by atoms with E-state index in [-0.39, 0.29) is 0 Å². The van der Waals surface area contributed by atoms with Gasteiger partial charge in [0.2, 0.25) is 0 Å². The molecule has 3 fully saturated rings. The normalized spacial score (nSPS) is 46.4. The van der Waals surface area contributed by atoms with Crippen LogP contribution in [-0.2, 0) is 0 Å². The SMILES string of the molecule is CCCC1C(C)CC2CCCC2C1(C)C1CCCCC1. The smallest absolute Gasteiger partial charge is 0.0236 e. The van der Waals surface area contributed by atoms with Crippen LogP contribution >= 0.6 is 0 Å². The van der Waals surface area contributed by atoms with Gasteiger partial charge in [-0.1, -0.05) is 59.3 Å². The molecule has 0 aromatic carbocycles. The Kier molecular flexibility index (Phi) is 4.48. The molecule has 116 valence electrons. The lowest BCUT2D eigenvalue weighted by atomic mass is 9.48. The first-order valence-corrected chi connectivity index (χ1v) is 9.67. The van der Waals surface area contributed by atoms with E-state index in [2.05, 4.69) is 20.8 Å². The van der Waals surface area contributed by atoms with Gasteiger partial charge in [0.15, 0.2) is 0 Å². The van der Waals surface area contributed by atoms with Gasteiger partial charge in [-0.3, -0.25) is 0 Å². The van der Waals surface area contributed by atoms with Gasteiger partial charge in [-0.05, 0) is 67.1 Å². The van der Waals surface area contributed by atoms with Gasteiger partial charge < -0.3 is 0 Å². The highest BCUT2D eigenvalue weighted by atomic mass is 14.6. The molecule has 3 saturated carbocycles. The van der Waals surface area contributed by atoms with Crippen LogP contribution in [0.3, 0.4) is 0 Å². The van der Waals surface area contributed by atoms with Crippen LogP contribution < -0.4 is 0 Å². The summed E-state index contributed by atoms with van der Waals surface area (Å²) in [7, 11) is 0. The topological polar surface area (TPSA) is 0 Å². The van der Waals surface area contributed by atoms with Crippen molar-refractivity contribution in [2.75, 3.05) is 0 Å². The fraction of sp³-hybridized carbons (Fsp3) is 1.00. The summed E-state index contributed by atoms with van der Waals surface area (Å²) in [6.07, 6.45) is 16.7. The summed E-state index contributed by atoms with van der Waals surface area (Å²) in [6.45, 7) is 7.76. The van der Waals surface area contributed by atoms with Crippen LogP contribution in [0.2, 0.25) is 0 Å². The Balaban J connectivity index is 1.90. The van der Waals surface area contributed by atoms with E-state index in [4.69, 9.17) is 0 Å². The number of hydrogen-bond acceptors (Lipinski definition) is 0. The van der Waals surface area contributed by atoms with Crippen LogP contribution in [0, 0.1) is 35.0 Å². The molecule has 3 rings (SSSR count). The summed E-state index contributed by atoms with van der Waals surface area (Å²) in [4.78, 5) is 0. The van der Waals surface area contributed by atoms with Crippen molar-refractivity contribution >= 4 is 0 Å². The molecule has 0 radical (unpaired) electrons. The molecular formula is C20H36. The van der Waals surface area contributed by atoms with Crippen LogP contribution in [0.4, 0.5) is 0 Å². The van der Waals surface area contributed by atoms with E-state index in [9.17, 15) is 0 Å². The van der Waals surface area contributed by atoms with Crippen LogP contribution in [0.5, 0.6) is 0 Å². The predicted octanol–water partition coefficient (Wildman–Crippen LogP) is 6.45. The first-order chi connectivity index (χ1) is 9.67. The van der Waals surface area contributed by atoms with Crippen LogP contribution in [-0.4, -0.2) is 0 Å². The Labute approximate surface area is 127 Å². The highest BCUT2D eigenvalue weighted by Gasteiger charge is 2.54. The molecule has 5 unspecified atom stereocenters. The minimum Gasteiger partial charge on any atom is -0.0654 e. The highest BCUT2D eigenvalue weighted by molar-refractivity contribution is 5.03. The first-order valence-electron chi connectivity index (χ1n) is 9.67. The molecule has 0 N–H and O–H groups in total. The molecule has 20 heavy (non-hydrogen) atoms. The number of fused-ring (bicyclic) bond motifs is 1. The molecule has 0 heterocycles. The molecule has 0 amide bonds. The maximum Gasteiger partial charge on any atom is -0.0236 e. The average Bonchev–Trinajstić information content (AvgIpc) is 2.93. The summed E-state index contributed by atoms with van der Waals surface area (Å²) in [5.41, 5.74) is 0.690. The second-order valence-electron chi connectivity index (χ2n) is 8.61. The lowest BCUT2D eigenvalue weighted by Gasteiger charge is -2.57. The lowest BCUT2D eigenvalue weighted by molar-refractivity contribution is -0.0834. The number of hydrogen-bond donors (Lipinski definition) is 0. The predicted molar refractivity (Wildman–Crippen MR) is 87.7 cm³/mol. The molecule has 0 heteroatoms. The van der Waals surface area contributed by atoms with Crippen molar-refractivity contribution in [2.24, 2.45) is 35.0 Å². The Bertz CT molecular complexity index is 314. The molecule has 5 atom stereocenters. The summed E-state index contributed by atoms with van der Waals surface area (Å²) in [6, 6.07) is 0. The Morgan fingerprint density at radius 1 is 0.950 bits per heavy atom. The monoisotopic (exact) mass is 276 g/mol. The third-order valence-corrected chi connectivity index (χ3v) is 7.70. The van der Waals surface area contributed by atoms with Gasteiger partial charge in [0, 0.05) is 0 Å². The fourth-order valence-electron chi connectivity index (χ4n) is 6.90. The molecule has 3 aliphatic carbocycles. The van der Waals surface area contributed by atoms with Crippen molar-refractivity contribution in [3.05, 3.63) is 0 Å². The van der Waals surface area contributed by atoms with Gasteiger partial charge >= 0.3 is 0 Å². The Morgan fingerprint density at radius 3 is 2.40 bits per heavy atom. The number of rotatable bonds is 3. The first kappa shape index (κ1) is 14.9. The maximum absolute atomic E-state index is 2.75. The Morgan fingerprint density at radius 2 is 1.70 bits per heavy atom. The average molecular weight is 277 g/mol. The van der Waals surface area contributed by atoms with E-state index in [1.165, 1.54) is 38.5 Å². The second-order valence-corrected chi connectivity index (χ2v) is 8.61. The van der Waals surface area contributed by atoms with Crippen LogP contribution in [0.15, 0.2) is 0 Å². The van der Waals surface area contributed by atoms with E-state index >= 15 is 0 Å². The summed E-state index contributed by atoms with van der Waals surface area (Å²) >= 11 is 0. The van der Waals surface area contributed by atoms with Crippen molar-refractivity contribution in [2.45, 2.75) is 91.4 Å². The molecule has 0 aromatic rings. The third-order valence-electron chi connectivity index (χ3n) is 7.70. The van der Waals surface area contributed by atoms with Crippen LogP contribution in [0.1, 0.15) is 91.4 Å². The maximum atomic E-state index is 2.75. The molecule has 0 spiro atoms. The van der Waals surface area contributed by atoms with Gasteiger partial charge in [0.05, 0.1) is 0 Å². The van der Waals surface area contributed by atoms with Crippen molar-refractivity contribution in [3.8, 4) is 0 Å². The molecule has 0 aromatic heterocycles. The van der Waals surface area contributed by atoms with Crippen molar-refractivity contribution < 1.29 is 0 Å². The van der Waals surface area contributed by atoms with E-state index in [1.54, 1.807) is 32.1 Å². The van der Waals surface area contributed by atoms with Crippen molar-refractivity contribution in [1.29, 1.82) is 0 Å². The van der Waals surface area contributed by atoms with Gasteiger partial charge in [-0.15, -0.1) is 0 Å². The molecule has 0 aliphatic heterocycles. The van der Waals surface area contributed by atoms with Crippen molar-refractivity contribution in [1.82, 2.24) is 0 Å². The van der Waals surface area contributed by atoms with Gasteiger partial charge in [0.25, 0.3) is 0 Å². The lowest BCUT2D eigenvalue weighted by Crippen LogP contribution is -2.50. The minimum absolute atomic E-state index is 0.690. The molecule has 3 aliphatic rings. The third kappa shape index (κ3) is 2.35. The zero-order chi connectivity index (χ0) is 14.2. The van der Waals surface area contributed by atoms with E-state index in [0.29, 0.717) is 5.41 Å².